The monoisotopic (exact) mass is 885 g/mol. The average molecular weight is 886 g/mol. The molecule has 2 aromatic rings. The van der Waals surface area contributed by atoms with Crippen LogP contribution in [-0.4, -0.2) is 152 Å². The molecule has 10 rings (SSSR count). The Balaban J connectivity index is 1.23. The van der Waals surface area contributed by atoms with Crippen LogP contribution in [-0.2, 0) is 33.3 Å². The van der Waals surface area contributed by atoms with Gasteiger partial charge in [0.25, 0.3) is 0 Å². The van der Waals surface area contributed by atoms with Gasteiger partial charge in [0.2, 0.25) is 5.60 Å². The number of ether oxygens (including phenoxy) is 4. The summed E-state index contributed by atoms with van der Waals surface area (Å²) in [5, 5.41) is 25.6. The molecule has 0 amide bonds. The summed E-state index contributed by atoms with van der Waals surface area (Å²) in [5.74, 6) is -2.54. The zero-order chi connectivity index (χ0) is 45.8. The highest BCUT2D eigenvalue weighted by atomic mass is 16.6. The molecule has 1 spiro atoms. The van der Waals surface area contributed by atoms with E-state index in [0.717, 1.165) is 44.5 Å². The van der Waals surface area contributed by atoms with Gasteiger partial charge < -0.3 is 34.1 Å². The molecule has 1 aromatic heterocycles. The van der Waals surface area contributed by atoms with Gasteiger partial charge in [0, 0.05) is 93.7 Å². The third kappa shape index (κ3) is 6.08. The van der Waals surface area contributed by atoms with Crippen molar-refractivity contribution in [2.24, 2.45) is 28.1 Å². The van der Waals surface area contributed by atoms with Crippen LogP contribution in [0.25, 0.3) is 16.7 Å². The number of fused-ring (bicyclic) bond motifs is 5. The molecule has 13 nitrogen and oxygen atoms in total. The summed E-state index contributed by atoms with van der Waals surface area (Å²) in [4.78, 5) is 54.5. The Kier molecular flexibility index (Phi) is 10.7. The van der Waals surface area contributed by atoms with E-state index in [2.05, 4.69) is 70.6 Å². The average Bonchev–Trinajstić information content (AvgIpc) is 3.97. The van der Waals surface area contributed by atoms with Gasteiger partial charge in [0.15, 0.2) is 13.4 Å². The van der Waals surface area contributed by atoms with Crippen LogP contribution in [0.2, 0.25) is 0 Å². The minimum atomic E-state index is -2.30. The van der Waals surface area contributed by atoms with Crippen LogP contribution in [0.4, 0.5) is 0 Å². The maximum absolute atomic E-state index is 15.7. The predicted molar refractivity (Wildman–Crippen MR) is 244 cm³/mol. The number of esters is 3. The second kappa shape index (κ2) is 15.8. The summed E-state index contributed by atoms with van der Waals surface area (Å²) in [6, 6.07) is 9.25. The number of carbonyl (C=O) groups excluding carboxylic acids is 3. The quantitative estimate of drug-likeness (QED) is 0.171. The molecule has 12 atom stereocenters. The lowest BCUT2D eigenvalue weighted by Gasteiger charge is -2.63. The number of aromatic nitrogens is 1. The number of allylic oxidation sites excluding steroid dienone is 1. The van der Waals surface area contributed by atoms with Gasteiger partial charge in [-0.1, -0.05) is 61.2 Å². The molecule has 8 aliphatic rings. The van der Waals surface area contributed by atoms with Crippen molar-refractivity contribution in [2.45, 2.75) is 94.8 Å². The molecule has 7 heterocycles. The second-order valence-electron chi connectivity index (χ2n) is 20.1. The highest BCUT2D eigenvalue weighted by Crippen LogP contribution is 2.70. The SMILES string of the molecule is CC[C@]1(O)C[C@H]2CN(CCC3=C([B]c4ccc(-c5cccnc5)cc43)[C@@](C(=O)OC)(C3C=C4C(=CC3OC)N(C)[C@H]3[C@@](O)(C(=O)OC)[C@H](OC(C)=O)[C@]5(CC)C=CCN6CC[C@]43[C@@H]65)C2)C1. The number of likely N-dealkylation sites (tertiary alicyclic amines) is 1. The molecule has 1 radical (unpaired) electrons. The van der Waals surface area contributed by atoms with E-state index in [1.807, 2.05) is 38.1 Å². The maximum atomic E-state index is 15.7. The number of aliphatic hydroxyl groups is 2. The maximum Gasteiger partial charge on any atom is 0.344 e. The van der Waals surface area contributed by atoms with Gasteiger partial charge >= 0.3 is 17.9 Å². The smallest absolute Gasteiger partial charge is 0.344 e. The summed E-state index contributed by atoms with van der Waals surface area (Å²) in [5.41, 5.74) is 1.39. The minimum absolute atomic E-state index is 0.0806. The van der Waals surface area contributed by atoms with Gasteiger partial charge in [0.1, 0.15) is 0 Å². The normalized spacial score (nSPS) is 38.9. The Labute approximate surface area is 382 Å². The Bertz CT molecular complexity index is 2440. The van der Waals surface area contributed by atoms with Crippen molar-refractivity contribution in [1.29, 1.82) is 0 Å². The third-order valence-electron chi connectivity index (χ3n) is 17.2. The lowest BCUT2D eigenvalue weighted by Crippen LogP contribution is -2.79. The van der Waals surface area contributed by atoms with Crippen molar-refractivity contribution in [1.82, 2.24) is 19.7 Å². The standard InChI is InChI=1S/C51H62BN4O9/c1-8-47(60)25-31-26-50(45(58)63-6,41-34(15-20-55(28-31)29-47)35-22-32(13-14-38(35)52-41)33-12-10-18-53-27-33)37-23-36-39(24-40(37)62-5)54(4)43-49(36)17-21-56-19-11-16-48(9-2,42(49)56)44(65-30(3)57)51(43,61)46(59)64-7/h10-14,16,18,22-24,27,31,37,40,42-44,60-61H,8-9,15,17,19-21,25-26,28-29H2,1-7H3/t31-,37?,40?,42+,43-,44-,47+,48-,49-,50+,51+/m1/s1. The number of benzene rings is 1. The number of carbonyl (C=O) groups is 3. The van der Waals surface area contributed by atoms with E-state index in [1.165, 1.54) is 21.1 Å². The van der Waals surface area contributed by atoms with E-state index in [0.29, 0.717) is 71.2 Å². The van der Waals surface area contributed by atoms with Crippen LogP contribution >= 0.6 is 0 Å². The van der Waals surface area contributed by atoms with Gasteiger partial charge in [-0.25, -0.2) is 4.79 Å². The first-order valence-corrected chi connectivity index (χ1v) is 23.5. The number of likely N-dealkylation sites (N-methyl/N-ethyl adjacent to an activating group) is 1. The zero-order valence-corrected chi connectivity index (χ0v) is 38.7. The predicted octanol–water partition coefficient (Wildman–Crippen LogP) is 3.86. The fraction of sp³-hybridized carbons (Fsp3) is 0.569. The lowest BCUT2D eigenvalue weighted by atomic mass is 9.46. The van der Waals surface area contributed by atoms with E-state index in [9.17, 15) is 19.8 Å². The van der Waals surface area contributed by atoms with Crippen LogP contribution < -0.4 is 5.46 Å². The Morgan fingerprint density at radius 2 is 1.77 bits per heavy atom. The molecule has 6 aliphatic heterocycles. The molecule has 1 saturated carbocycles. The minimum Gasteiger partial charge on any atom is -0.468 e. The third-order valence-corrected chi connectivity index (χ3v) is 17.2. The van der Waals surface area contributed by atoms with Crippen LogP contribution in [0.5, 0.6) is 0 Å². The van der Waals surface area contributed by atoms with Crippen molar-refractivity contribution in [2.75, 3.05) is 61.1 Å². The molecular formula is C51H62BN4O9. The van der Waals surface area contributed by atoms with E-state index >= 15 is 4.79 Å². The Morgan fingerprint density at radius 3 is 2.46 bits per heavy atom. The fourth-order valence-electron chi connectivity index (χ4n) is 14.8. The fourth-order valence-corrected chi connectivity index (χ4v) is 14.8. The van der Waals surface area contributed by atoms with Gasteiger partial charge in [-0.15, -0.1) is 0 Å². The highest BCUT2D eigenvalue weighted by Gasteiger charge is 2.81. The molecular weight excluding hydrogens is 823 g/mol. The Morgan fingerprint density at radius 1 is 0.969 bits per heavy atom. The van der Waals surface area contributed by atoms with Gasteiger partial charge in [-0.05, 0) is 91.5 Å². The van der Waals surface area contributed by atoms with Gasteiger partial charge in [-0.2, -0.15) is 0 Å². The van der Waals surface area contributed by atoms with Crippen molar-refractivity contribution in [3.05, 3.63) is 89.3 Å². The number of nitrogens with zero attached hydrogens (tertiary/aromatic N) is 4. The lowest BCUT2D eigenvalue weighted by molar-refractivity contribution is -0.243. The van der Waals surface area contributed by atoms with Gasteiger partial charge in [-0.3, -0.25) is 24.4 Å². The first-order chi connectivity index (χ1) is 31.2. The summed E-state index contributed by atoms with van der Waals surface area (Å²) in [6.07, 6.45) is 13.4. The molecule has 4 fully saturated rings. The summed E-state index contributed by atoms with van der Waals surface area (Å²) in [6.45, 7) is 8.68. The molecule has 1 aromatic carbocycles. The van der Waals surface area contributed by atoms with Crippen LogP contribution in [0, 0.1) is 28.1 Å². The zero-order valence-electron chi connectivity index (χ0n) is 38.7. The summed E-state index contributed by atoms with van der Waals surface area (Å²) >= 11 is 0. The van der Waals surface area contributed by atoms with E-state index in [-0.39, 0.29) is 17.9 Å². The van der Waals surface area contributed by atoms with Crippen molar-refractivity contribution >= 4 is 36.2 Å². The largest absolute Gasteiger partial charge is 0.468 e. The van der Waals surface area contributed by atoms with Crippen molar-refractivity contribution < 1.29 is 43.5 Å². The molecule has 65 heavy (non-hydrogen) atoms. The van der Waals surface area contributed by atoms with Crippen molar-refractivity contribution in [3.63, 3.8) is 0 Å². The summed E-state index contributed by atoms with van der Waals surface area (Å²) in [7, 11) is 8.50. The van der Waals surface area contributed by atoms with E-state index in [1.54, 1.807) is 13.3 Å². The van der Waals surface area contributed by atoms with Crippen molar-refractivity contribution in [3.8, 4) is 11.1 Å². The van der Waals surface area contributed by atoms with E-state index in [4.69, 9.17) is 18.9 Å². The second-order valence-corrected chi connectivity index (χ2v) is 20.1. The number of hydrogen-bond donors (Lipinski definition) is 2. The van der Waals surface area contributed by atoms with Gasteiger partial charge in [0.05, 0.1) is 37.4 Å². The first-order valence-electron chi connectivity index (χ1n) is 23.5. The number of piperidine rings is 1. The molecule has 3 saturated heterocycles. The number of rotatable bonds is 8. The van der Waals surface area contributed by atoms with Crippen LogP contribution in [0.1, 0.15) is 64.9 Å². The number of methoxy groups -OCH3 is 3. The molecule has 2 bridgehead atoms. The first kappa shape index (κ1) is 44.3. The topological polar surface area (TPSA) is 151 Å². The van der Waals surface area contributed by atoms with Crippen LogP contribution in [0.3, 0.4) is 0 Å². The molecule has 14 heteroatoms. The molecule has 2 N–H and O–H groups in total. The van der Waals surface area contributed by atoms with Crippen LogP contribution in [0.15, 0.2) is 83.8 Å². The number of hydrogen-bond acceptors (Lipinski definition) is 13. The molecule has 343 valence electrons. The molecule has 2 aliphatic carbocycles. The Hall–Kier alpha value is -4.60. The highest BCUT2D eigenvalue weighted by molar-refractivity contribution is 6.67. The molecule has 3 unspecified atom stereocenters. The number of pyridine rings is 1. The van der Waals surface area contributed by atoms with E-state index < -0.39 is 63.6 Å². The summed E-state index contributed by atoms with van der Waals surface area (Å²) < 4.78 is 24.4.